The molecule has 0 aromatic heterocycles. The molecule has 6 heteroatoms. The second kappa shape index (κ2) is 8.54. The van der Waals surface area contributed by atoms with Gasteiger partial charge in [0.15, 0.2) is 0 Å². The van der Waals surface area contributed by atoms with Gasteiger partial charge in [0.2, 0.25) is 0 Å². The van der Waals surface area contributed by atoms with Gasteiger partial charge in [0.1, 0.15) is 17.3 Å². The monoisotopic (exact) mass is 377 g/mol. The SMILES string of the molecule is CN1C(=O)/C(=C/c2ccc(N(C)CCO)cc2)N=C1/C=C/c1cccc(O)c1. The number of aromatic hydroxyl groups is 1. The highest BCUT2D eigenvalue weighted by Crippen LogP contribution is 2.21. The summed E-state index contributed by atoms with van der Waals surface area (Å²) in [7, 11) is 3.59. The molecule has 2 N–H and O–H groups in total. The van der Waals surface area contributed by atoms with Crippen molar-refractivity contribution in [1.82, 2.24) is 4.90 Å². The number of likely N-dealkylation sites (N-methyl/N-ethyl adjacent to an activating group) is 2. The third kappa shape index (κ3) is 4.47. The molecule has 0 saturated heterocycles. The first-order valence-electron chi connectivity index (χ1n) is 8.95. The third-order valence-electron chi connectivity index (χ3n) is 4.47. The van der Waals surface area contributed by atoms with Crippen molar-refractivity contribution in [2.24, 2.45) is 4.99 Å². The number of anilines is 1. The van der Waals surface area contributed by atoms with Crippen molar-refractivity contribution in [1.29, 1.82) is 0 Å². The van der Waals surface area contributed by atoms with E-state index in [1.807, 2.05) is 42.3 Å². The molecular weight excluding hydrogens is 354 g/mol. The molecular formula is C22H23N3O3. The number of amidine groups is 1. The molecule has 28 heavy (non-hydrogen) atoms. The van der Waals surface area contributed by atoms with E-state index in [4.69, 9.17) is 5.11 Å². The fourth-order valence-corrected chi connectivity index (χ4v) is 2.83. The lowest BCUT2D eigenvalue weighted by molar-refractivity contribution is -0.121. The Morgan fingerprint density at radius 2 is 1.86 bits per heavy atom. The van der Waals surface area contributed by atoms with E-state index in [0.717, 1.165) is 16.8 Å². The number of carbonyl (C=O) groups is 1. The number of nitrogens with zero attached hydrogens (tertiary/aromatic N) is 3. The number of aliphatic imine (C=N–C) groups is 1. The lowest BCUT2D eigenvalue weighted by atomic mass is 10.1. The molecule has 1 aliphatic heterocycles. The normalized spacial score (nSPS) is 15.5. The summed E-state index contributed by atoms with van der Waals surface area (Å²) in [6.07, 6.45) is 5.31. The predicted molar refractivity (Wildman–Crippen MR) is 112 cm³/mol. The molecule has 2 aromatic rings. The molecule has 1 amide bonds. The van der Waals surface area contributed by atoms with Crippen molar-refractivity contribution in [2.75, 3.05) is 32.1 Å². The van der Waals surface area contributed by atoms with Crippen LogP contribution in [0.25, 0.3) is 12.2 Å². The molecule has 0 aliphatic carbocycles. The summed E-state index contributed by atoms with van der Waals surface area (Å²) < 4.78 is 0. The number of hydrogen-bond acceptors (Lipinski definition) is 5. The Labute approximate surface area is 164 Å². The highest BCUT2D eigenvalue weighted by atomic mass is 16.3. The van der Waals surface area contributed by atoms with Gasteiger partial charge in [-0.15, -0.1) is 0 Å². The predicted octanol–water partition coefficient (Wildman–Crippen LogP) is 2.75. The lowest BCUT2D eigenvalue weighted by Gasteiger charge is -2.17. The molecule has 0 bridgehead atoms. The Hall–Kier alpha value is -3.38. The number of carbonyl (C=O) groups excluding carboxylic acids is 1. The molecule has 1 heterocycles. The first-order chi connectivity index (χ1) is 13.5. The summed E-state index contributed by atoms with van der Waals surface area (Å²) in [5.74, 6) is 0.560. The van der Waals surface area contributed by atoms with Crippen LogP contribution in [0.4, 0.5) is 5.69 Å². The second-order valence-electron chi connectivity index (χ2n) is 6.53. The van der Waals surface area contributed by atoms with Crippen molar-refractivity contribution >= 4 is 29.6 Å². The molecule has 0 atom stereocenters. The van der Waals surface area contributed by atoms with Gasteiger partial charge in [-0.25, -0.2) is 4.99 Å². The Morgan fingerprint density at radius 1 is 1.11 bits per heavy atom. The Balaban J connectivity index is 1.79. The third-order valence-corrected chi connectivity index (χ3v) is 4.47. The number of phenols is 1. The van der Waals surface area contributed by atoms with Crippen LogP contribution in [-0.4, -0.2) is 54.1 Å². The van der Waals surface area contributed by atoms with E-state index in [1.165, 1.54) is 4.90 Å². The van der Waals surface area contributed by atoms with Crippen LogP contribution in [0.3, 0.4) is 0 Å². The van der Waals surface area contributed by atoms with Crippen molar-refractivity contribution in [2.45, 2.75) is 0 Å². The van der Waals surface area contributed by atoms with Crippen LogP contribution >= 0.6 is 0 Å². The maximum atomic E-state index is 12.5. The van der Waals surface area contributed by atoms with Gasteiger partial charge in [0, 0.05) is 26.3 Å². The average Bonchev–Trinajstić information content (AvgIpc) is 2.95. The topological polar surface area (TPSA) is 76.4 Å². The van der Waals surface area contributed by atoms with Gasteiger partial charge in [-0.05, 0) is 47.5 Å². The van der Waals surface area contributed by atoms with E-state index in [0.29, 0.717) is 18.1 Å². The number of rotatable bonds is 6. The fraction of sp³-hybridized carbons (Fsp3) is 0.182. The molecule has 0 saturated carbocycles. The zero-order valence-corrected chi connectivity index (χ0v) is 15.9. The lowest BCUT2D eigenvalue weighted by Crippen LogP contribution is -2.26. The van der Waals surface area contributed by atoms with Crippen LogP contribution in [0.2, 0.25) is 0 Å². The van der Waals surface area contributed by atoms with Crippen molar-refractivity contribution in [3.05, 3.63) is 71.4 Å². The first-order valence-corrected chi connectivity index (χ1v) is 8.95. The molecule has 3 rings (SSSR count). The molecule has 0 fully saturated rings. The zero-order valence-electron chi connectivity index (χ0n) is 15.9. The summed E-state index contributed by atoms with van der Waals surface area (Å²) >= 11 is 0. The number of hydrogen-bond donors (Lipinski definition) is 2. The van der Waals surface area contributed by atoms with Gasteiger partial charge in [-0.2, -0.15) is 0 Å². The molecule has 6 nitrogen and oxygen atoms in total. The van der Waals surface area contributed by atoms with Crippen LogP contribution < -0.4 is 4.90 Å². The first kappa shape index (κ1) is 19.4. The highest BCUT2D eigenvalue weighted by Gasteiger charge is 2.25. The minimum atomic E-state index is -0.169. The summed E-state index contributed by atoms with van der Waals surface area (Å²) in [6.45, 7) is 0.652. The average molecular weight is 377 g/mol. The Kier molecular flexibility index (Phi) is 5.91. The number of aliphatic hydroxyl groups excluding tert-OH is 1. The molecule has 0 unspecified atom stereocenters. The second-order valence-corrected chi connectivity index (χ2v) is 6.53. The van der Waals surface area contributed by atoms with Crippen molar-refractivity contribution in [3.8, 4) is 5.75 Å². The summed E-state index contributed by atoms with van der Waals surface area (Å²) in [5.41, 5.74) is 3.06. The quantitative estimate of drug-likeness (QED) is 0.759. The maximum absolute atomic E-state index is 12.5. The molecule has 0 radical (unpaired) electrons. The van der Waals surface area contributed by atoms with Crippen molar-refractivity contribution in [3.63, 3.8) is 0 Å². The highest BCUT2D eigenvalue weighted by molar-refractivity contribution is 6.18. The van der Waals surface area contributed by atoms with Crippen LogP contribution in [0.15, 0.2) is 65.3 Å². The van der Waals surface area contributed by atoms with E-state index < -0.39 is 0 Å². The van der Waals surface area contributed by atoms with Crippen LogP contribution in [0.5, 0.6) is 5.75 Å². The maximum Gasteiger partial charge on any atom is 0.277 e. The molecule has 2 aromatic carbocycles. The number of benzene rings is 2. The number of amides is 1. The number of phenolic OH excluding ortho intramolecular Hbond substituents is 1. The van der Waals surface area contributed by atoms with Crippen molar-refractivity contribution < 1.29 is 15.0 Å². The zero-order chi connectivity index (χ0) is 20.1. The Morgan fingerprint density at radius 3 is 2.54 bits per heavy atom. The minimum absolute atomic E-state index is 0.0940. The summed E-state index contributed by atoms with van der Waals surface area (Å²) in [5, 5.41) is 18.6. The van der Waals surface area contributed by atoms with E-state index in [1.54, 1.807) is 43.5 Å². The summed E-state index contributed by atoms with van der Waals surface area (Å²) in [4.78, 5) is 20.4. The number of aliphatic hydroxyl groups is 1. The molecule has 144 valence electrons. The van der Waals surface area contributed by atoms with Gasteiger partial charge in [-0.3, -0.25) is 9.69 Å². The minimum Gasteiger partial charge on any atom is -0.508 e. The molecule has 1 aliphatic rings. The van der Waals surface area contributed by atoms with Gasteiger partial charge < -0.3 is 15.1 Å². The van der Waals surface area contributed by atoms with E-state index in [9.17, 15) is 9.90 Å². The Bertz CT molecular complexity index is 946. The van der Waals surface area contributed by atoms with E-state index in [-0.39, 0.29) is 18.3 Å². The van der Waals surface area contributed by atoms with Crippen LogP contribution in [-0.2, 0) is 4.79 Å². The smallest absolute Gasteiger partial charge is 0.277 e. The van der Waals surface area contributed by atoms with Crippen LogP contribution in [0.1, 0.15) is 11.1 Å². The van der Waals surface area contributed by atoms with Gasteiger partial charge in [-0.1, -0.05) is 30.3 Å². The summed E-state index contributed by atoms with van der Waals surface area (Å²) in [6, 6.07) is 14.6. The molecule has 0 spiro atoms. The van der Waals surface area contributed by atoms with Gasteiger partial charge >= 0.3 is 0 Å². The van der Waals surface area contributed by atoms with E-state index >= 15 is 0 Å². The van der Waals surface area contributed by atoms with Gasteiger partial charge in [0.05, 0.1) is 6.61 Å². The largest absolute Gasteiger partial charge is 0.508 e. The van der Waals surface area contributed by atoms with E-state index in [2.05, 4.69) is 4.99 Å². The van der Waals surface area contributed by atoms with Gasteiger partial charge in [0.25, 0.3) is 5.91 Å². The van der Waals surface area contributed by atoms with Crippen LogP contribution in [0, 0.1) is 0 Å². The standard InChI is InChI=1S/C22H23N3O3/c1-24(12-13-26)18-9-6-17(7-10-18)15-20-22(28)25(2)21(23-20)11-8-16-4-3-5-19(27)14-16/h3-11,14-15,26-27H,12-13H2,1-2H3/b11-8+,20-15-. The fourth-order valence-electron chi connectivity index (χ4n) is 2.83.